The van der Waals surface area contributed by atoms with E-state index in [2.05, 4.69) is 31.4 Å². The van der Waals surface area contributed by atoms with Gasteiger partial charge in [0.1, 0.15) is 0 Å². The van der Waals surface area contributed by atoms with Crippen LogP contribution in [0.3, 0.4) is 0 Å². The van der Waals surface area contributed by atoms with Crippen LogP contribution in [-0.4, -0.2) is 22.8 Å². The van der Waals surface area contributed by atoms with Gasteiger partial charge in [-0.2, -0.15) is 5.10 Å². The van der Waals surface area contributed by atoms with Crippen molar-refractivity contribution in [1.82, 2.24) is 0 Å². The summed E-state index contributed by atoms with van der Waals surface area (Å²) in [5.41, 5.74) is 1.65. The van der Waals surface area contributed by atoms with Crippen LogP contribution in [-0.2, 0) is 4.79 Å². The quantitative estimate of drug-likeness (QED) is 0.476. The Bertz CT molecular complexity index is 927. The maximum atomic E-state index is 11.9. The average molecular weight is 408 g/mol. The standard InChI is InChI=1S/C15H8BrClN4O3/c16-9-1-4-13-11(6-9)14(15(22)19-13)20-18-7-8-5-10(21(23)24)2-3-12(8)17/h1-7H,(H,19,20,22)/b18-7+. The SMILES string of the molecule is O=C1Nc2ccc(Br)cc2/C1=N\N=C\c1cc([N+](=O)[O-])ccc1Cl. The number of nitrogens with one attached hydrogen (secondary N) is 1. The van der Waals surface area contributed by atoms with Crippen molar-refractivity contribution in [2.24, 2.45) is 10.2 Å². The van der Waals surface area contributed by atoms with E-state index < -0.39 is 4.92 Å². The Kier molecular flexibility index (Phi) is 4.41. The Hall–Kier alpha value is -2.58. The summed E-state index contributed by atoms with van der Waals surface area (Å²) in [6.07, 6.45) is 1.27. The second kappa shape index (κ2) is 6.50. The molecule has 7 nitrogen and oxygen atoms in total. The fourth-order valence-electron chi connectivity index (χ4n) is 2.12. The van der Waals surface area contributed by atoms with E-state index in [0.29, 0.717) is 21.8 Å². The number of halogens is 2. The third kappa shape index (κ3) is 3.19. The molecule has 1 heterocycles. The average Bonchev–Trinajstić information content (AvgIpc) is 2.84. The summed E-state index contributed by atoms with van der Waals surface area (Å²) < 4.78 is 0.802. The minimum atomic E-state index is -0.530. The monoisotopic (exact) mass is 406 g/mol. The molecule has 0 unspecified atom stereocenters. The second-order valence-electron chi connectivity index (χ2n) is 4.80. The number of non-ortho nitro benzene ring substituents is 1. The van der Waals surface area contributed by atoms with E-state index >= 15 is 0 Å². The van der Waals surface area contributed by atoms with Gasteiger partial charge < -0.3 is 5.32 Å². The van der Waals surface area contributed by atoms with E-state index in [1.54, 1.807) is 18.2 Å². The lowest BCUT2D eigenvalue weighted by atomic mass is 10.1. The topological polar surface area (TPSA) is 97.0 Å². The second-order valence-corrected chi connectivity index (χ2v) is 6.12. The lowest BCUT2D eigenvalue weighted by Crippen LogP contribution is -2.13. The molecule has 0 aromatic heterocycles. The fourth-order valence-corrected chi connectivity index (χ4v) is 2.64. The van der Waals surface area contributed by atoms with Crippen molar-refractivity contribution in [2.75, 3.05) is 5.32 Å². The molecule has 9 heteroatoms. The van der Waals surface area contributed by atoms with Gasteiger partial charge in [0.15, 0.2) is 5.71 Å². The molecule has 3 rings (SSSR count). The van der Waals surface area contributed by atoms with Gasteiger partial charge in [-0.1, -0.05) is 27.5 Å². The number of carbonyl (C=O) groups excluding carboxylic acids is 1. The molecule has 0 atom stereocenters. The zero-order valence-electron chi connectivity index (χ0n) is 11.9. The maximum Gasteiger partial charge on any atom is 0.276 e. The number of hydrogen-bond donors (Lipinski definition) is 1. The van der Waals surface area contributed by atoms with Crippen molar-refractivity contribution in [3.63, 3.8) is 0 Å². The van der Waals surface area contributed by atoms with Crippen LogP contribution in [0.15, 0.2) is 51.1 Å². The number of nitro groups is 1. The van der Waals surface area contributed by atoms with Crippen LogP contribution < -0.4 is 5.32 Å². The molecule has 0 saturated carbocycles. The van der Waals surface area contributed by atoms with Gasteiger partial charge in [0, 0.05) is 32.8 Å². The number of anilines is 1. The number of hydrogen-bond acceptors (Lipinski definition) is 5. The van der Waals surface area contributed by atoms with Crippen molar-refractivity contribution in [3.8, 4) is 0 Å². The summed E-state index contributed by atoms with van der Waals surface area (Å²) in [5.74, 6) is -0.370. The molecule has 0 saturated heterocycles. The number of nitrogens with zero attached hydrogens (tertiary/aromatic N) is 3. The van der Waals surface area contributed by atoms with E-state index in [1.165, 1.54) is 24.4 Å². The first-order valence-electron chi connectivity index (χ1n) is 6.62. The smallest absolute Gasteiger partial charge is 0.276 e. The first kappa shape index (κ1) is 16.3. The van der Waals surface area contributed by atoms with E-state index in [0.717, 1.165) is 4.47 Å². The largest absolute Gasteiger partial charge is 0.320 e. The Morgan fingerprint density at radius 3 is 2.79 bits per heavy atom. The van der Waals surface area contributed by atoms with Crippen molar-refractivity contribution in [2.45, 2.75) is 0 Å². The predicted molar refractivity (Wildman–Crippen MR) is 95.0 cm³/mol. The van der Waals surface area contributed by atoms with Gasteiger partial charge in [-0.25, -0.2) is 0 Å². The van der Waals surface area contributed by atoms with Crippen LogP contribution in [0.5, 0.6) is 0 Å². The summed E-state index contributed by atoms with van der Waals surface area (Å²) in [7, 11) is 0. The van der Waals surface area contributed by atoms with Crippen molar-refractivity contribution >= 4 is 56.7 Å². The van der Waals surface area contributed by atoms with Crippen molar-refractivity contribution < 1.29 is 9.72 Å². The zero-order chi connectivity index (χ0) is 17.3. The molecule has 1 aliphatic heterocycles. The lowest BCUT2D eigenvalue weighted by molar-refractivity contribution is -0.384. The molecule has 2 aromatic rings. The molecule has 1 amide bonds. The zero-order valence-corrected chi connectivity index (χ0v) is 14.2. The molecular formula is C15H8BrClN4O3. The molecule has 0 aliphatic carbocycles. The number of fused-ring (bicyclic) bond motifs is 1. The Morgan fingerprint density at radius 1 is 1.25 bits per heavy atom. The summed E-state index contributed by atoms with van der Waals surface area (Å²) in [4.78, 5) is 22.2. The van der Waals surface area contributed by atoms with E-state index in [1.807, 2.05) is 0 Å². The minimum absolute atomic E-state index is 0.110. The molecule has 120 valence electrons. The minimum Gasteiger partial charge on any atom is -0.320 e. The summed E-state index contributed by atoms with van der Waals surface area (Å²) in [6.45, 7) is 0. The molecule has 1 aliphatic rings. The lowest BCUT2D eigenvalue weighted by Gasteiger charge is -1.98. The molecule has 1 N–H and O–H groups in total. The number of carbonyl (C=O) groups is 1. The first-order valence-corrected chi connectivity index (χ1v) is 7.79. The van der Waals surface area contributed by atoms with Gasteiger partial charge >= 0.3 is 0 Å². The van der Waals surface area contributed by atoms with E-state index in [9.17, 15) is 14.9 Å². The first-order chi connectivity index (χ1) is 11.5. The van der Waals surface area contributed by atoms with Crippen molar-refractivity contribution in [1.29, 1.82) is 0 Å². The van der Waals surface area contributed by atoms with Gasteiger partial charge in [-0.05, 0) is 24.3 Å². The van der Waals surface area contributed by atoms with Gasteiger partial charge in [-0.15, -0.1) is 5.10 Å². The number of amides is 1. The van der Waals surface area contributed by atoms with E-state index in [-0.39, 0.29) is 17.3 Å². The van der Waals surface area contributed by atoms with Crippen LogP contribution >= 0.6 is 27.5 Å². The maximum absolute atomic E-state index is 11.9. The van der Waals surface area contributed by atoms with E-state index in [4.69, 9.17) is 11.6 Å². The highest BCUT2D eigenvalue weighted by Gasteiger charge is 2.26. The molecule has 0 fully saturated rings. The summed E-state index contributed by atoms with van der Waals surface area (Å²) in [5, 5.41) is 21.5. The molecule has 2 aromatic carbocycles. The third-order valence-electron chi connectivity index (χ3n) is 3.24. The Balaban J connectivity index is 1.93. The van der Waals surface area contributed by atoms with Crippen LogP contribution in [0.1, 0.15) is 11.1 Å². The van der Waals surface area contributed by atoms with Crippen molar-refractivity contribution in [3.05, 3.63) is 67.1 Å². The molecular weight excluding hydrogens is 400 g/mol. The van der Waals surface area contributed by atoms with Gasteiger partial charge in [0.2, 0.25) is 0 Å². The summed E-state index contributed by atoms with van der Waals surface area (Å²) >= 11 is 9.31. The van der Waals surface area contributed by atoms with Crippen LogP contribution in [0.2, 0.25) is 5.02 Å². The summed E-state index contributed by atoms with van der Waals surface area (Å²) in [6, 6.07) is 9.29. The fraction of sp³-hybridized carbons (Fsp3) is 0. The normalized spacial score (nSPS) is 14.9. The Morgan fingerprint density at radius 2 is 2.04 bits per heavy atom. The molecule has 0 spiro atoms. The van der Waals surface area contributed by atoms with Crippen LogP contribution in [0.4, 0.5) is 11.4 Å². The highest BCUT2D eigenvalue weighted by atomic mass is 79.9. The number of nitro benzene ring substituents is 1. The molecule has 0 bridgehead atoms. The van der Waals surface area contributed by atoms with Gasteiger partial charge in [0.25, 0.3) is 11.6 Å². The molecule has 24 heavy (non-hydrogen) atoms. The predicted octanol–water partition coefficient (Wildman–Crippen LogP) is 3.79. The Labute approximate surface area is 149 Å². The molecule has 0 radical (unpaired) electrons. The number of rotatable bonds is 3. The highest BCUT2D eigenvalue weighted by molar-refractivity contribution is 9.10. The number of benzene rings is 2. The highest BCUT2D eigenvalue weighted by Crippen LogP contribution is 2.27. The van der Waals surface area contributed by atoms with Crippen LogP contribution in [0.25, 0.3) is 0 Å². The third-order valence-corrected chi connectivity index (χ3v) is 4.08. The van der Waals surface area contributed by atoms with Gasteiger partial charge in [-0.3, -0.25) is 14.9 Å². The van der Waals surface area contributed by atoms with Crippen LogP contribution in [0, 0.1) is 10.1 Å². The van der Waals surface area contributed by atoms with Gasteiger partial charge in [0.05, 0.1) is 16.8 Å².